The van der Waals surface area contributed by atoms with Gasteiger partial charge in [0.2, 0.25) is 11.8 Å². The van der Waals surface area contributed by atoms with Gasteiger partial charge in [-0.05, 0) is 36.8 Å². The van der Waals surface area contributed by atoms with E-state index in [-0.39, 0.29) is 5.91 Å². The molecule has 0 radical (unpaired) electrons. The number of ether oxygens (including phenoxy) is 1. The van der Waals surface area contributed by atoms with Gasteiger partial charge in [0.05, 0.1) is 4.70 Å². The lowest BCUT2D eigenvalue weighted by Gasteiger charge is -2.38. The fraction of sp³-hybridized carbons (Fsp3) is 0.280. The number of benzene rings is 2. The average Bonchev–Trinajstić information content (AvgIpc) is 3.27. The summed E-state index contributed by atoms with van der Waals surface area (Å²) in [6.07, 6.45) is 1.53. The molecule has 10 heteroatoms. The number of rotatable bonds is 6. The van der Waals surface area contributed by atoms with Crippen LogP contribution in [0.25, 0.3) is 10.2 Å². The van der Waals surface area contributed by atoms with Crippen molar-refractivity contribution in [3.8, 4) is 11.6 Å². The van der Waals surface area contributed by atoms with Crippen LogP contribution >= 0.6 is 27.3 Å². The Bertz CT molecular complexity index is 1340. The van der Waals surface area contributed by atoms with Gasteiger partial charge >= 0.3 is 0 Å². The summed E-state index contributed by atoms with van der Waals surface area (Å²) < 4.78 is 8.13. The molecule has 35 heavy (non-hydrogen) atoms. The van der Waals surface area contributed by atoms with Crippen molar-refractivity contribution in [1.29, 1.82) is 0 Å². The summed E-state index contributed by atoms with van der Waals surface area (Å²) in [5.74, 6) is 1.74. The van der Waals surface area contributed by atoms with Crippen molar-refractivity contribution in [1.82, 2.24) is 19.9 Å². The quantitative estimate of drug-likeness (QED) is 0.339. The number of piperazine rings is 1. The molecule has 1 atom stereocenters. The second-order valence-corrected chi connectivity index (χ2v) is 10.3. The second-order valence-electron chi connectivity index (χ2n) is 8.37. The molecule has 5 rings (SSSR count). The zero-order valence-corrected chi connectivity index (χ0v) is 21.8. The highest BCUT2D eigenvalue weighted by Crippen LogP contribution is 2.35. The molecule has 2 aromatic carbocycles. The largest absolute Gasteiger partial charge is 0.437 e. The molecule has 1 N–H and O–H groups in total. The van der Waals surface area contributed by atoms with Gasteiger partial charge in [0.15, 0.2) is 10.9 Å². The second kappa shape index (κ2) is 10.3. The average molecular weight is 553 g/mol. The SMILES string of the molecule is CC(=O)Nc1nc2c(Oc3cc(N4CCN(C(C)c5ccc(Br)cc5)CC4)ncn3)cccc2s1. The van der Waals surface area contributed by atoms with Crippen LogP contribution in [0, 0.1) is 0 Å². The van der Waals surface area contributed by atoms with Crippen LogP contribution in [0.2, 0.25) is 0 Å². The number of aromatic nitrogens is 3. The molecule has 1 unspecified atom stereocenters. The Hall–Kier alpha value is -3.08. The molecule has 1 aliphatic heterocycles. The van der Waals surface area contributed by atoms with Gasteiger partial charge in [-0.3, -0.25) is 9.69 Å². The number of thiazole rings is 1. The number of fused-ring (bicyclic) bond motifs is 1. The minimum absolute atomic E-state index is 0.154. The van der Waals surface area contributed by atoms with Crippen LogP contribution in [0.3, 0.4) is 0 Å². The first-order valence-corrected chi connectivity index (χ1v) is 13.0. The standard InChI is InChI=1S/C25H25BrN6O2S/c1-16(18-6-8-19(26)9-7-18)31-10-12-32(13-11-31)22-14-23(28-15-27-22)34-20-4-3-5-21-24(20)30-25(35-21)29-17(2)33/h3-9,14-16H,10-13H2,1-2H3,(H,29,30,33). The molecular weight excluding hydrogens is 528 g/mol. The number of amides is 1. The van der Waals surface area contributed by atoms with Crippen LogP contribution in [0.5, 0.6) is 11.6 Å². The van der Waals surface area contributed by atoms with Gasteiger partial charge in [-0.15, -0.1) is 0 Å². The Labute approximate surface area is 216 Å². The van der Waals surface area contributed by atoms with Gasteiger partial charge in [-0.25, -0.2) is 15.0 Å². The molecule has 4 aromatic rings. The number of hydrogen-bond acceptors (Lipinski definition) is 8. The Balaban J connectivity index is 1.27. The van der Waals surface area contributed by atoms with E-state index in [4.69, 9.17) is 4.74 Å². The molecular formula is C25H25BrN6O2S. The van der Waals surface area contributed by atoms with Crippen LogP contribution in [0.1, 0.15) is 25.5 Å². The lowest BCUT2D eigenvalue weighted by atomic mass is 10.1. The molecule has 2 aromatic heterocycles. The van der Waals surface area contributed by atoms with Gasteiger partial charge in [0.25, 0.3) is 0 Å². The fourth-order valence-corrected chi connectivity index (χ4v) is 5.37. The van der Waals surface area contributed by atoms with E-state index in [1.807, 2.05) is 24.3 Å². The molecule has 1 fully saturated rings. The molecule has 0 saturated carbocycles. The van der Waals surface area contributed by atoms with Crippen molar-refractivity contribution in [3.63, 3.8) is 0 Å². The van der Waals surface area contributed by atoms with Gasteiger partial charge in [-0.2, -0.15) is 0 Å². The van der Waals surface area contributed by atoms with Crippen LogP contribution in [0.4, 0.5) is 10.9 Å². The van der Waals surface area contributed by atoms with E-state index in [0.29, 0.717) is 28.3 Å². The number of carbonyl (C=O) groups is 1. The maximum atomic E-state index is 11.4. The maximum Gasteiger partial charge on any atom is 0.224 e. The van der Waals surface area contributed by atoms with Crippen molar-refractivity contribution >= 4 is 54.3 Å². The van der Waals surface area contributed by atoms with Crippen LogP contribution < -0.4 is 15.0 Å². The van der Waals surface area contributed by atoms with E-state index in [9.17, 15) is 4.79 Å². The predicted molar refractivity (Wildman–Crippen MR) is 142 cm³/mol. The smallest absolute Gasteiger partial charge is 0.224 e. The minimum atomic E-state index is -0.154. The molecule has 1 saturated heterocycles. The third kappa shape index (κ3) is 5.44. The first kappa shape index (κ1) is 23.7. The highest BCUT2D eigenvalue weighted by Gasteiger charge is 2.23. The zero-order chi connectivity index (χ0) is 24.4. The summed E-state index contributed by atoms with van der Waals surface area (Å²) in [4.78, 5) is 29.5. The topological polar surface area (TPSA) is 83.5 Å². The van der Waals surface area contributed by atoms with Crippen molar-refractivity contribution < 1.29 is 9.53 Å². The molecule has 0 spiro atoms. The summed E-state index contributed by atoms with van der Waals surface area (Å²) in [5.41, 5.74) is 2.01. The molecule has 1 aliphatic rings. The van der Waals surface area contributed by atoms with Crippen molar-refractivity contribution in [2.75, 3.05) is 36.4 Å². The Morgan fingerprint density at radius 1 is 1.11 bits per heavy atom. The third-order valence-corrected chi connectivity index (χ3v) is 7.51. The molecule has 3 heterocycles. The van der Waals surface area contributed by atoms with Crippen LogP contribution in [-0.2, 0) is 4.79 Å². The van der Waals surface area contributed by atoms with E-state index < -0.39 is 0 Å². The number of nitrogens with zero attached hydrogens (tertiary/aromatic N) is 5. The highest BCUT2D eigenvalue weighted by molar-refractivity contribution is 9.10. The van der Waals surface area contributed by atoms with Gasteiger partial charge in [0.1, 0.15) is 17.7 Å². The lowest BCUT2D eigenvalue weighted by molar-refractivity contribution is -0.114. The van der Waals surface area contributed by atoms with E-state index in [0.717, 1.165) is 41.2 Å². The summed E-state index contributed by atoms with van der Waals surface area (Å²) in [7, 11) is 0. The fourth-order valence-electron chi connectivity index (χ4n) is 4.17. The zero-order valence-electron chi connectivity index (χ0n) is 19.4. The van der Waals surface area contributed by atoms with Crippen LogP contribution in [-0.4, -0.2) is 51.9 Å². The third-order valence-electron chi connectivity index (χ3n) is 6.05. The summed E-state index contributed by atoms with van der Waals surface area (Å²) >= 11 is 4.92. The number of hydrogen-bond donors (Lipinski definition) is 1. The van der Waals surface area contributed by atoms with Gasteiger partial charge < -0.3 is 15.0 Å². The Morgan fingerprint density at radius 3 is 2.63 bits per heavy atom. The van der Waals surface area contributed by atoms with E-state index >= 15 is 0 Å². The molecule has 180 valence electrons. The number of para-hydroxylation sites is 1. The number of halogens is 1. The normalized spacial score (nSPS) is 15.2. The van der Waals surface area contributed by atoms with Gasteiger partial charge in [-0.1, -0.05) is 45.5 Å². The minimum Gasteiger partial charge on any atom is -0.437 e. The van der Waals surface area contributed by atoms with Gasteiger partial charge in [0, 0.05) is 49.7 Å². The van der Waals surface area contributed by atoms with E-state index in [1.165, 1.54) is 30.2 Å². The maximum absolute atomic E-state index is 11.4. The first-order chi connectivity index (χ1) is 17.0. The monoisotopic (exact) mass is 552 g/mol. The van der Waals surface area contributed by atoms with Crippen molar-refractivity contribution in [2.24, 2.45) is 0 Å². The number of carbonyl (C=O) groups excluding carboxylic acids is 1. The summed E-state index contributed by atoms with van der Waals surface area (Å²) in [6.45, 7) is 7.36. The van der Waals surface area contributed by atoms with Crippen LogP contribution in [0.15, 0.2) is 59.3 Å². The summed E-state index contributed by atoms with van der Waals surface area (Å²) in [5, 5.41) is 3.28. The first-order valence-electron chi connectivity index (χ1n) is 11.4. The molecule has 0 aliphatic carbocycles. The number of nitrogens with one attached hydrogen (secondary N) is 1. The number of anilines is 2. The molecule has 1 amide bonds. The Kier molecular flexibility index (Phi) is 6.94. The van der Waals surface area contributed by atoms with E-state index in [2.05, 4.69) is 77.2 Å². The summed E-state index contributed by atoms with van der Waals surface area (Å²) in [6, 6.07) is 16.5. The van der Waals surface area contributed by atoms with Crippen molar-refractivity contribution in [3.05, 3.63) is 64.9 Å². The van der Waals surface area contributed by atoms with E-state index in [1.54, 1.807) is 0 Å². The van der Waals surface area contributed by atoms with Crippen molar-refractivity contribution in [2.45, 2.75) is 19.9 Å². The predicted octanol–water partition coefficient (Wildman–Crippen LogP) is 5.48. The molecule has 0 bridgehead atoms. The highest BCUT2D eigenvalue weighted by atomic mass is 79.9. The lowest BCUT2D eigenvalue weighted by Crippen LogP contribution is -2.47. The Morgan fingerprint density at radius 2 is 1.89 bits per heavy atom. The molecule has 8 nitrogen and oxygen atoms in total.